The molecule has 1 aliphatic carbocycles. The van der Waals surface area contributed by atoms with Gasteiger partial charge in [0, 0.05) is 50.3 Å². The minimum absolute atomic E-state index is 0.0838. The predicted octanol–water partition coefficient (Wildman–Crippen LogP) is 5.31. The number of amides is 1. The molecule has 0 spiro atoms. The molecule has 0 unspecified atom stereocenters. The molecule has 7 nitrogen and oxygen atoms in total. The zero-order valence-electron chi connectivity index (χ0n) is 21.0. The van der Waals surface area contributed by atoms with Gasteiger partial charge in [-0.05, 0) is 55.9 Å². The monoisotopic (exact) mass is 488 g/mol. The van der Waals surface area contributed by atoms with Gasteiger partial charge in [0.1, 0.15) is 23.6 Å². The summed E-state index contributed by atoms with van der Waals surface area (Å²) in [6.07, 6.45) is 4.70. The molecule has 1 aromatic carbocycles. The highest BCUT2D eigenvalue weighted by Crippen LogP contribution is 2.45. The largest absolute Gasteiger partial charge is 0.383 e. The number of carbonyl (C=O) groups is 1. The Hall–Kier alpha value is -3.68. The summed E-state index contributed by atoms with van der Waals surface area (Å²) in [4.78, 5) is 23.5. The summed E-state index contributed by atoms with van der Waals surface area (Å²) in [5.41, 5.74) is 12.1. The number of benzene rings is 1. The van der Waals surface area contributed by atoms with Gasteiger partial charge >= 0.3 is 0 Å². The van der Waals surface area contributed by atoms with E-state index in [0.717, 1.165) is 54.0 Å². The van der Waals surface area contributed by atoms with Crippen LogP contribution in [0, 0.1) is 5.92 Å². The quantitative estimate of drug-likeness (QED) is 0.459. The van der Waals surface area contributed by atoms with Crippen LogP contribution in [-0.2, 0) is 11.8 Å². The highest BCUT2D eigenvalue weighted by atomic mass is 19.1. The van der Waals surface area contributed by atoms with Crippen LogP contribution in [0.15, 0.2) is 48.6 Å². The van der Waals surface area contributed by atoms with E-state index in [4.69, 9.17) is 5.73 Å². The molecule has 2 aliphatic rings. The van der Waals surface area contributed by atoms with Crippen LogP contribution < -0.4 is 11.1 Å². The van der Waals surface area contributed by atoms with E-state index in [0.29, 0.717) is 41.8 Å². The number of hydrogen-bond acceptors (Lipinski definition) is 5. The third kappa shape index (κ3) is 4.36. The van der Waals surface area contributed by atoms with Crippen molar-refractivity contribution in [3.8, 4) is 11.3 Å². The average Bonchev–Trinajstić information content (AvgIpc) is 3.50. The van der Waals surface area contributed by atoms with E-state index >= 15 is 4.39 Å². The molecule has 188 valence electrons. The van der Waals surface area contributed by atoms with Crippen LogP contribution in [-0.4, -0.2) is 45.0 Å². The third-order valence-electron chi connectivity index (χ3n) is 7.31. The molecule has 1 saturated heterocycles. The fourth-order valence-electron chi connectivity index (χ4n) is 5.47. The summed E-state index contributed by atoms with van der Waals surface area (Å²) in [7, 11) is 1.92. The first-order valence-corrected chi connectivity index (χ1v) is 12.6. The second-order valence-electron chi connectivity index (χ2n) is 9.98. The number of allylic oxidation sites excluding steroid dienone is 2. The summed E-state index contributed by atoms with van der Waals surface area (Å²) in [5, 5.41) is 4.00. The molecule has 2 aromatic heterocycles. The van der Waals surface area contributed by atoms with E-state index in [1.54, 1.807) is 0 Å². The van der Waals surface area contributed by atoms with Crippen LogP contribution in [0.2, 0.25) is 0 Å². The number of nitrogen functional groups attached to an aromatic ring is 1. The van der Waals surface area contributed by atoms with Crippen molar-refractivity contribution in [1.29, 1.82) is 0 Å². The van der Waals surface area contributed by atoms with E-state index in [-0.39, 0.29) is 24.1 Å². The molecule has 3 aromatic rings. The first kappa shape index (κ1) is 24.0. The number of hydrogen-bond donors (Lipinski definition) is 2. The maximum Gasteiger partial charge on any atom is 0.226 e. The van der Waals surface area contributed by atoms with E-state index in [9.17, 15) is 4.79 Å². The summed E-state index contributed by atoms with van der Waals surface area (Å²) >= 11 is 0. The molecule has 36 heavy (non-hydrogen) atoms. The van der Waals surface area contributed by atoms with E-state index in [1.165, 1.54) is 6.33 Å². The molecule has 0 bridgehead atoms. The maximum absolute atomic E-state index is 15.8. The van der Waals surface area contributed by atoms with Gasteiger partial charge in [-0.15, -0.1) is 0 Å². The van der Waals surface area contributed by atoms with Crippen molar-refractivity contribution in [2.24, 2.45) is 13.0 Å². The van der Waals surface area contributed by atoms with Crippen LogP contribution in [0.5, 0.6) is 0 Å². The Morgan fingerprint density at radius 3 is 2.61 bits per heavy atom. The van der Waals surface area contributed by atoms with Crippen molar-refractivity contribution in [3.05, 3.63) is 54.1 Å². The van der Waals surface area contributed by atoms with Crippen molar-refractivity contribution in [2.75, 3.05) is 30.7 Å². The normalized spacial score (nSPS) is 18.2. The molecule has 1 atom stereocenters. The molecule has 8 heteroatoms. The van der Waals surface area contributed by atoms with Crippen LogP contribution in [0.4, 0.5) is 15.9 Å². The number of carbonyl (C=O) groups excluding carboxylic acids is 1. The van der Waals surface area contributed by atoms with Gasteiger partial charge in [-0.1, -0.05) is 24.3 Å². The number of nitrogens with two attached hydrogens (primary N) is 1. The Morgan fingerprint density at radius 2 is 1.94 bits per heavy atom. The topological polar surface area (TPSA) is 89.1 Å². The lowest BCUT2D eigenvalue weighted by Gasteiger charge is -2.27. The van der Waals surface area contributed by atoms with Crippen LogP contribution >= 0.6 is 0 Å². The fourth-order valence-corrected chi connectivity index (χ4v) is 5.47. The smallest absolute Gasteiger partial charge is 0.226 e. The summed E-state index contributed by atoms with van der Waals surface area (Å²) in [6, 6.07) is 8.04. The average molecular weight is 489 g/mol. The van der Waals surface area contributed by atoms with Gasteiger partial charge in [-0.2, -0.15) is 0 Å². The number of aromatic nitrogens is 3. The number of likely N-dealkylation sites (tertiary alicyclic amines) is 1. The first-order chi connectivity index (χ1) is 17.3. The van der Waals surface area contributed by atoms with Crippen molar-refractivity contribution < 1.29 is 9.18 Å². The molecule has 1 fully saturated rings. The summed E-state index contributed by atoms with van der Waals surface area (Å²) in [5.74, 6) is -0.138. The van der Waals surface area contributed by atoms with Gasteiger partial charge < -0.3 is 20.5 Å². The van der Waals surface area contributed by atoms with Gasteiger partial charge in [0.15, 0.2) is 0 Å². The number of nitrogens with zero attached hydrogens (tertiary/aromatic N) is 4. The van der Waals surface area contributed by atoms with Gasteiger partial charge in [-0.25, -0.2) is 14.4 Å². The van der Waals surface area contributed by atoms with Gasteiger partial charge in [-0.3, -0.25) is 4.79 Å². The lowest BCUT2D eigenvalue weighted by Crippen LogP contribution is -2.34. The van der Waals surface area contributed by atoms with Gasteiger partial charge in [0.25, 0.3) is 0 Å². The molecule has 3 N–H and O–H groups in total. The Balaban J connectivity index is 1.56. The van der Waals surface area contributed by atoms with Crippen molar-refractivity contribution in [3.63, 3.8) is 0 Å². The summed E-state index contributed by atoms with van der Waals surface area (Å²) < 4.78 is 17.8. The molecule has 0 radical (unpaired) electrons. The third-order valence-corrected chi connectivity index (χ3v) is 7.31. The number of aryl methyl sites for hydroxylation is 1. The number of nitrogens with one attached hydrogen (secondary N) is 1. The van der Waals surface area contributed by atoms with E-state index in [1.807, 2.05) is 47.7 Å². The van der Waals surface area contributed by atoms with Crippen molar-refractivity contribution in [2.45, 2.75) is 39.0 Å². The van der Waals surface area contributed by atoms with E-state index < -0.39 is 0 Å². The highest BCUT2D eigenvalue weighted by Gasteiger charge is 2.34. The molecule has 0 saturated carbocycles. The molecule has 1 aliphatic heterocycles. The first-order valence-electron chi connectivity index (χ1n) is 12.6. The SMILES string of the molecule is C=C(C)CNc1ccc(-c2c(C3=C(F)C[C@@H](C(=O)N4CCCC4)CC3)c3c(N)ncnc3n2C)cc1. The number of rotatable bonds is 6. The molecule has 1 amide bonds. The Morgan fingerprint density at radius 1 is 1.22 bits per heavy atom. The van der Waals surface area contributed by atoms with Crippen molar-refractivity contribution >= 4 is 34.0 Å². The Kier molecular flexibility index (Phi) is 6.51. The zero-order valence-corrected chi connectivity index (χ0v) is 21.0. The van der Waals surface area contributed by atoms with Crippen LogP contribution in [0.3, 0.4) is 0 Å². The second kappa shape index (κ2) is 9.76. The fraction of sp³-hybridized carbons (Fsp3) is 0.393. The predicted molar refractivity (Wildman–Crippen MR) is 143 cm³/mol. The maximum atomic E-state index is 15.8. The Bertz CT molecular complexity index is 1350. The molecule has 3 heterocycles. The van der Waals surface area contributed by atoms with Gasteiger partial charge in [0.2, 0.25) is 5.91 Å². The van der Waals surface area contributed by atoms with Crippen LogP contribution in [0.1, 0.15) is 44.6 Å². The minimum atomic E-state index is -0.308. The summed E-state index contributed by atoms with van der Waals surface area (Å²) in [6.45, 7) is 8.17. The standard InChI is InChI=1S/C28H33FN6O/c1-17(2)15-31-20-9-6-18(7-10-20)25-23(24-26(30)32-16-33-27(24)34(25)3)21-11-8-19(14-22(21)29)28(36)35-12-4-5-13-35/h6-7,9-10,16,19,31H,1,4-5,8,11-15H2,2-3H3,(H2,30,32,33)/t19-/m0/s1. The number of halogens is 1. The second-order valence-corrected chi connectivity index (χ2v) is 9.98. The molecular weight excluding hydrogens is 455 g/mol. The molecular formula is C28H33FN6O. The lowest BCUT2D eigenvalue weighted by molar-refractivity contribution is -0.134. The lowest BCUT2D eigenvalue weighted by atomic mass is 9.83. The van der Waals surface area contributed by atoms with E-state index in [2.05, 4.69) is 21.9 Å². The highest BCUT2D eigenvalue weighted by molar-refractivity contribution is 6.04. The number of anilines is 2. The zero-order chi connectivity index (χ0) is 25.4. The molecule has 5 rings (SSSR count). The van der Waals surface area contributed by atoms with Crippen LogP contribution in [0.25, 0.3) is 27.9 Å². The van der Waals surface area contributed by atoms with Gasteiger partial charge in [0.05, 0.1) is 11.1 Å². The van der Waals surface area contributed by atoms with Crippen molar-refractivity contribution in [1.82, 2.24) is 19.4 Å². The number of fused-ring (bicyclic) bond motifs is 1. The minimum Gasteiger partial charge on any atom is -0.383 e. The Labute approximate surface area is 210 Å².